The standard InChI is InChI=1S/C15H19NO4/c1-15(2,3)14(18)20-9-16-8-10-5-6-11(19-4)7-12(10)13(16)17/h5-7H,8-9H2,1-4H3. The summed E-state index contributed by atoms with van der Waals surface area (Å²) in [5, 5.41) is 0. The summed E-state index contributed by atoms with van der Waals surface area (Å²) in [4.78, 5) is 25.4. The van der Waals surface area contributed by atoms with Crippen LogP contribution in [0.1, 0.15) is 36.7 Å². The van der Waals surface area contributed by atoms with Gasteiger partial charge in [0, 0.05) is 5.56 Å². The fourth-order valence-electron chi connectivity index (χ4n) is 1.92. The maximum atomic E-state index is 12.2. The van der Waals surface area contributed by atoms with Crippen molar-refractivity contribution in [1.82, 2.24) is 4.90 Å². The van der Waals surface area contributed by atoms with Crippen LogP contribution >= 0.6 is 0 Å². The normalized spacial score (nSPS) is 14.2. The average molecular weight is 277 g/mol. The van der Waals surface area contributed by atoms with Crippen molar-refractivity contribution in [3.05, 3.63) is 29.3 Å². The number of hydrogen-bond acceptors (Lipinski definition) is 4. The Balaban J connectivity index is 2.04. The van der Waals surface area contributed by atoms with Gasteiger partial charge in [0.2, 0.25) is 0 Å². The highest BCUT2D eigenvalue weighted by Gasteiger charge is 2.30. The number of carbonyl (C=O) groups is 2. The number of nitrogens with zero attached hydrogens (tertiary/aromatic N) is 1. The van der Waals surface area contributed by atoms with Gasteiger partial charge in [0.15, 0.2) is 6.73 Å². The largest absolute Gasteiger partial charge is 0.497 e. The molecule has 1 heterocycles. The number of fused-ring (bicyclic) bond motifs is 1. The SMILES string of the molecule is COc1ccc2c(c1)C(=O)N(COC(=O)C(C)(C)C)C2. The maximum absolute atomic E-state index is 12.2. The van der Waals surface area contributed by atoms with E-state index in [0.717, 1.165) is 5.56 Å². The summed E-state index contributed by atoms with van der Waals surface area (Å²) < 4.78 is 10.3. The van der Waals surface area contributed by atoms with E-state index < -0.39 is 5.41 Å². The van der Waals surface area contributed by atoms with Crippen molar-refractivity contribution in [1.29, 1.82) is 0 Å². The molecule has 0 saturated heterocycles. The first-order chi connectivity index (χ1) is 9.32. The smallest absolute Gasteiger partial charge is 0.312 e. The van der Waals surface area contributed by atoms with Crippen molar-refractivity contribution >= 4 is 11.9 Å². The van der Waals surface area contributed by atoms with Gasteiger partial charge in [0.25, 0.3) is 5.91 Å². The third-order valence-electron chi connectivity index (χ3n) is 3.16. The minimum Gasteiger partial charge on any atom is -0.497 e. The van der Waals surface area contributed by atoms with E-state index in [1.807, 2.05) is 12.1 Å². The summed E-state index contributed by atoms with van der Waals surface area (Å²) in [5.74, 6) is 0.185. The zero-order valence-electron chi connectivity index (χ0n) is 12.2. The van der Waals surface area contributed by atoms with Crippen LogP contribution in [0, 0.1) is 5.41 Å². The molecule has 0 fully saturated rings. The predicted molar refractivity (Wildman–Crippen MR) is 73.3 cm³/mol. The molecule has 0 saturated carbocycles. The van der Waals surface area contributed by atoms with E-state index in [1.54, 1.807) is 33.9 Å². The van der Waals surface area contributed by atoms with Crippen molar-refractivity contribution in [3.63, 3.8) is 0 Å². The van der Waals surface area contributed by atoms with Crippen LogP contribution in [0.2, 0.25) is 0 Å². The zero-order valence-corrected chi connectivity index (χ0v) is 12.2. The fourth-order valence-corrected chi connectivity index (χ4v) is 1.92. The summed E-state index contributed by atoms with van der Waals surface area (Å²) in [7, 11) is 1.56. The number of ether oxygens (including phenoxy) is 2. The van der Waals surface area contributed by atoms with Crippen LogP contribution in [0.25, 0.3) is 0 Å². The van der Waals surface area contributed by atoms with Gasteiger partial charge in [-0.1, -0.05) is 6.07 Å². The lowest BCUT2D eigenvalue weighted by Gasteiger charge is -2.20. The van der Waals surface area contributed by atoms with Gasteiger partial charge in [-0.05, 0) is 38.5 Å². The lowest BCUT2D eigenvalue weighted by molar-refractivity contribution is -0.156. The van der Waals surface area contributed by atoms with Gasteiger partial charge in [-0.15, -0.1) is 0 Å². The van der Waals surface area contributed by atoms with Crippen LogP contribution in [0.4, 0.5) is 0 Å². The van der Waals surface area contributed by atoms with E-state index in [1.165, 1.54) is 4.90 Å². The van der Waals surface area contributed by atoms with E-state index >= 15 is 0 Å². The second-order valence-electron chi connectivity index (χ2n) is 5.84. The summed E-state index contributed by atoms with van der Waals surface area (Å²) in [6, 6.07) is 5.39. The molecule has 1 aliphatic rings. The molecular formula is C15H19NO4. The van der Waals surface area contributed by atoms with Crippen molar-refractivity contribution in [2.45, 2.75) is 27.3 Å². The van der Waals surface area contributed by atoms with E-state index in [0.29, 0.717) is 17.9 Å². The first-order valence-corrected chi connectivity index (χ1v) is 6.46. The summed E-state index contributed by atoms with van der Waals surface area (Å²) in [5.41, 5.74) is 0.956. The molecule has 0 atom stereocenters. The molecule has 0 unspecified atom stereocenters. The van der Waals surface area contributed by atoms with Gasteiger partial charge in [0.1, 0.15) is 5.75 Å². The molecular weight excluding hydrogens is 258 g/mol. The second-order valence-corrected chi connectivity index (χ2v) is 5.84. The number of amides is 1. The van der Waals surface area contributed by atoms with E-state index in [4.69, 9.17) is 9.47 Å². The Bertz CT molecular complexity index is 545. The Morgan fingerprint density at radius 3 is 2.65 bits per heavy atom. The highest BCUT2D eigenvalue weighted by atomic mass is 16.5. The molecule has 5 nitrogen and oxygen atoms in total. The number of hydrogen-bond donors (Lipinski definition) is 0. The lowest BCUT2D eigenvalue weighted by atomic mass is 9.98. The van der Waals surface area contributed by atoms with Crippen LogP contribution < -0.4 is 4.74 Å². The first kappa shape index (κ1) is 14.4. The Morgan fingerprint density at radius 2 is 2.05 bits per heavy atom. The highest BCUT2D eigenvalue weighted by Crippen LogP contribution is 2.27. The number of benzene rings is 1. The summed E-state index contributed by atoms with van der Waals surface area (Å²) in [6.07, 6.45) is 0. The molecule has 0 radical (unpaired) electrons. The third-order valence-corrected chi connectivity index (χ3v) is 3.16. The minimum atomic E-state index is -0.571. The summed E-state index contributed by atoms with van der Waals surface area (Å²) >= 11 is 0. The van der Waals surface area contributed by atoms with Gasteiger partial charge in [0.05, 0.1) is 19.1 Å². The average Bonchev–Trinajstić information content (AvgIpc) is 2.71. The zero-order chi connectivity index (χ0) is 14.9. The van der Waals surface area contributed by atoms with Crippen LogP contribution in [0.15, 0.2) is 18.2 Å². The summed E-state index contributed by atoms with van der Waals surface area (Å²) in [6.45, 7) is 5.77. The Labute approximate surface area is 118 Å². The quantitative estimate of drug-likeness (QED) is 0.795. The molecule has 0 spiro atoms. The van der Waals surface area contributed by atoms with Gasteiger partial charge in [-0.2, -0.15) is 0 Å². The van der Waals surface area contributed by atoms with Crippen molar-refractivity contribution < 1.29 is 19.1 Å². The molecule has 0 bridgehead atoms. The van der Waals surface area contributed by atoms with Crippen molar-refractivity contribution in [3.8, 4) is 5.75 Å². The van der Waals surface area contributed by atoms with Gasteiger partial charge in [-0.25, -0.2) is 0 Å². The molecule has 5 heteroatoms. The molecule has 2 rings (SSSR count). The predicted octanol–water partition coefficient (Wildman–Crippen LogP) is 2.20. The van der Waals surface area contributed by atoms with Gasteiger partial charge < -0.3 is 14.4 Å². The Kier molecular flexibility index (Phi) is 3.70. The molecule has 1 amide bonds. The third kappa shape index (κ3) is 2.76. The van der Waals surface area contributed by atoms with Gasteiger partial charge in [-0.3, -0.25) is 9.59 Å². The van der Waals surface area contributed by atoms with E-state index in [2.05, 4.69) is 0 Å². The number of esters is 1. The Hall–Kier alpha value is -2.04. The molecule has 0 aliphatic carbocycles. The van der Waals surface area contributed by atoms with Crippen LogP contribution in [0.3, 0.4) is 0 Å². The van der Waals surface area contributed by atoms with Crippen LogP contribution in [-0.2, 0) is 16.1 Å². The van der Waals surface area contributed by atoms with Crippen molar-refractivity contribution in [2.75, 3.05) is 13.8 Å². The number of rotatable bonds is 3. The molecule has 0 aromatic heterocycles. The van der Waals surface area contributed by atoms with E-state index in [-0.39, 0.29) is 18.6 Å². The van der Waals surface area contributed by atoms with Gasteiger partial charge >= 0.3 is 5.97 Å². The molecule has 0 N–H and O–H groups in total. The van der Waals surface area contributed by atoms with E-state index in [9.17, 15) is 9.59 Å². The Morgan fingerprint density at radius 1 is 1.35 bits per heavy atom. The van der Waals surface area contributed by atoms with Crippen LogP contribution in [-0.4, -0.2) is 30.6 Å². The van der Waals surface area contributed by atoms with Crippen molar-refractivity contribution in [2.24, 2.45) is 5.41 Å². The van der Waals surface area contributed by atoms with Crippen LogP contribution in [0.5, 0.6) is 5.75 Å². The maximum Gasteiger partial charge on any atom is 0.312 e. The molecule has 108 valence electrons. The number of carbonyl (C=O) groups excluding carboxylic acids is 2. The first-order valence-electron chi connectivity index (χ1n) is 6.46. The molecule has 20 heavy (non-hydrogen) atoms. The lowest BCUT2D eigenvalue weighted by Crippen LogP contribution is -2.32. The molecule has 1 aromatic carbocycles. The fraction of sp³-hybridized carbons (Fsp3) is 0.467. The second kappa shape index (κ2) is 5.15. The minimum absolute atomic E-state index is 0.0219. The molecule has 1 aromatic rings. The highest BCUT2D eigenvalue weighted by molar-refractivity contribution is 5.98. The number of methoxy groups -OCH3 is 1. The topological polar surface area (TPSA) is 55.8 Å². The monoisotopic (exact) mass is 277 g/mol. The molecule has 1 aliphatic heterocycles.